The van der Waals surface area contributed by atoms with Crippen LogP contribution in [0.1, 0.15) is 30.5 Å². The number of carbonyl (C=O) groups is 2. The number of aromatic hydroxyl groups is 1. The molecule has 0 aliphatic rings. The van der Waals surface area contributed by atoms with Crippen molar-refractivity contribution in [3.05, 3.63) is 75.7 Å². The number of methoxy groups -OCH3 is 1. The number of rotatable bonds is 8. The van der Waals surface area contributed by atoms with Crippen LogP contribution in [-0.2, 0) is 27.4 Å². The van der Waals surface area contributed by atoms with Crippen LogP contribution in [0.25, 0.3) is 17.0 Å². The first-order valence-corrected chi connectivity index (χ1v) is 10.4. The molecule has 8 heteroatoms. The van der Waals surface area contributed by atoms with E-state index in [1.807, 2.05) is 6.92 Å². The van der Waals surface area contributed by atoms with Gasteiger partial charge in [-0.1, -0.05) is 19.1 Å². The molecule has 172 valence electrons. The molecule has 1 amide bonds. The van der Waals surface area contributed by atoms with Crippen molar-refractivity contribution in [3.63, 3.8) is 0 Å². The van der Waals surface area contributed by atoms with Crippen molar-refractivity contribution in [2.24, 2.45) is 0 Å². The number of esters is 1. The number of hydrogen-bond donors (Lipinski definition) is 2. The Bertz CT molecular complexity index is 1240. The highest BCUT2D eigenvalue weighted by atomic mass is 16.5. The minimum Gasteiger partial charge on any atom is -0.508 e. The van der Waals surface area contributed by atoms with Crippen molar-refractivity contribution in [3.8, 4) is 11.5 Å². The molecule has 0 unspecified atom stereocenters. The lowest BCUT2D eigenvalue weighted by Gasteiger charge is -2.13. The molecular weight excluding hydrogens is 426 g/mol. The Balaban J connectivity index is 1.63. The third-order valence-corrected chi connectivity index (χ3v) is 5.04. The topological polar surface area (TPSA) is 115 Å². The van der Waals surface area contributed by atoms with Gasteiger partial charge < -0.3 is 24.3 Å². The number of phenolic OH excluding ortho intramolecular Hbond substituents is 1. The lowest BCUT2D eigenvalue weighted by atomic mass is 10.0. The monoisotopic (exact) mass is 451 g/mol. The molecule has 0 aliphatic carbocycles. The summed E-state index contributed by atoms with van der Waals surface area (Å²) in [4.78, 5) is 36.4. The maximum atomic E-state index is 12.4. The van der Waals surface area contributed by atoms with E-state index in [0.717, 1.165) is 5.56 Å². The van der Waals surface area contributed by atoms with Crippen LogP contribution in [0.2, 0.25) is 0 Å². The van der Waals surface area contributed by atoms with Crippen molar-refractivity contribution in [2.75, 3.05) is 7.11 Å². The van der Waals surface area contributed by atoms with Crippen LogP contribution < -0.4 is 15.7 Å². The SMILES string of the molecule is CCc1cc2c(COC(=O)[C@H](C)NC(=O)/C=C/c3ccc(OC)cc3)cc(=O)oc2cc1O. The van der Waals surface area contributed by atoms with Crippen LogP contribution in [0, 0.1) is 0 Å². The summed E-state index contributed by atoms with van der Waals surface area (Å²) in [5, 5.41) is 13.1. The van der Waals surface area contributed by atoms with Gasteiger partial charge in [-0.3, -0.25) is 4.79 Å². The normalized spacial score (nSPS) is 12.0. The maximum Gasteiger partial charge on any atom is 0.336 e. The standard InChI is InChI=1S/C25H25NO7/c1-4-17-11-20-18(12-24(29)33-22(20)13-21(17)27)14-32-25(30)15(2)26-23(28)10-7-16-5-8-19(31-3)9-6-16/h5-13,15,27H,4,14H2,1-3H3,(H,26,28)/b10-7+/t15-/m0/s1. The predicted molar refractivity (Wildman–Crippen MR) is 123 cm³/mol. The second kappa shape index (κ2) is 10.5. The van der Waals surface area contributed by atoms with Gasteiger partial charge >= 0.3 is 11.6 Å². The van der Waals surface area contributed by atoms with E-state index in [9.17, 15) is 19.5 Å². The highest BCUT2D eigenvalue weighted by molar-refractivity contribution is 5.94. The third-order valence-electron chi connectivity index (χ3n) is 5.04. The quantitative estimate of drug-likeness (QED) is 0.307. The number of benzene rings is 2. The van der Waals surface area contributed by atoms with E-state index in [0.29, 0.717) is 28.7 Å². The molecule has 2 aromatic carbocycles. The summed E-state index contributed by atoms with van der Waals surface area (Å²) in [6, 6.07) is 10.6. The van der Waals surface area contributed by atoms with Gasteiger partial charge in [-0.25, -0.2) is 9.59 Å². The first kappa shape index (κ1) is 23.6. The average molecular weight is 451 g/mol. The molecule has 3 rings (SSSR count). The Hall–Kier alpha value is -4.07. The van der Waals surface area contributed by atoms with Crippen LogP contribution in [0.4, 0.5) is 0 Å². The molecule has 0 saturated heterocycles. The molecule has 0 saturated carbocycles. The van der Waals surface area contributed by atoms with E-state index in [1.54, 1.807) is 43.5 Å². The first-order chi connectivity index (χ1) is 15.8. The van der Waals surface area contributed by atoms with Crippen molar-refractivity contribution >= 4 is 28.9 Å². The maximum absolute atomic E-state index is 12.4. The molecule has 2 N–H and O–H groups in total. The van der Waals surface area contributed by atoms with Gasteiger partial charge in [0.2, 0.25) is 5.91 Å². The molecule has 1 aromatic heterocycles. The number of aryl methyl sites for hydroxylation is 1. The molecule has 0 spiro atoms. The zero-order valence-corrected chi connectivity index (χ0v) is 18.6. The van der Waals surface area contributed by atoms with Crippen LogP contribution in [0.15, 0.2) is 57.8 Å². The van der Waals surface area contributed by atoms with Gasteiger partial charge in [-0.2, -0.15) is 0 Å². The van der Waals surface area contributed by atoms with Crippen molar-refractivity contribution < 1.29 is 28.6 Å². The van der Waals surface area contributed by atoms with Gasteiger partial charge in [0.25, 0.3) is 0 Å². The second-order valence-electron chi connectivity index (χ2n) is 7.37. The van der Waals surface area contributed by atoms with E-state index in [4.69, 9.17) is 13.9 Å². The molecule has 0 bridgehead atoms. The smallest absolute Gasteiger partial charge is 0.336 e. The molecule has 1 heterocycles. The number of carbonyl (C=O) groups excluding carboxylic acids is 2. The van der Waals surface area contributed by atoms with E-state index in [2.05, 4.69) is 5.32 Å². The number of amides is 1. The highest BCUT2D eigenvalue weighted by Gasteiger charge is 2.17. The summed E-state index contributed by atoms with van der Waals surface area (Å²) in [6.07, 6.45) is 3.51. The van der Waals surface area contributed by atoms with Crippen molar-refractivity contribution in [2.45, 2.75) is 32.9 Å². The lowest BCUT2D eigenvalue weighted by Crippen LogP contribution is -2.38. The summed E-state index contributed by atoms with van der Waals surface area (Å²) in [7, 11) is 1.57. The van der Waals surface area contributed by atoms with Gasteiger partial charge in [0.15, 0.2) is 0 Å². The number of fused-ring (bicyclic) bond motifs is 1. The third kappa shape index (κ3) is 6.00. The molecule has 0 fully saturated rings. The summed E-state index contributed by atoms with van der Waals surface area (Å²) >= 11 is 0. The Morgan fingerprint density at radius 1 is 1.15 bits per heavy atom. The van der Waals surface area contributed by atoms with Crippen LogP contribution in [0.3, 0.4) is 0 Å². The largest absolute Gasteiger partial charge is 0.508 e. The molecule has 1 atom stereocenters. The molecule has 0 aliphatic heterocycles. The van der Waals surface area contributed by atoms with Crippen LogP contribution >= 0.6 is 0 Å². The van der Waals surface area contributed by atoms with Crippen molar-refractivity contribution in [1.82, 2.24) is 5.32 Å². The van der Waals surface area contributed by atoms with Gasteiger partial charge in [0.1, 0.15) is 29.7 Å². The molecule has 8 nitrogen and oxygen atoms in total. The molecule has 33 heavy (non-hydrogen) atoms. The van der Waals surface area contributed by atoms with E-state index in [1.165, 1.54) is 25.1 Å². The average Bonchev–Trinajstić information content (AvgIpc) is 2.80. The number of nitrogens with one attached hydrogen (secondary N) is 1. The van der Waals surface area contributed by atoms with Crippen LogP contribution in [0.5, 0.6) is 11.5 Å². The summed E-state index contributed by atoms with van der Waals surface area (Å²) in [5.74, 6) is -0.373. The van der Waals surface area contributed by atoms with Gasteiger partial charge in [-0.05, 0) is 48.7 Å². The minimum atomic E-state index is -0.903. The summed E-state index contributed by atoms with van der Waals surface area (Å²) < 4.78 is 15.5. The number of hydrogen-bond acceptors (Lipinski definition) is 7. The zero-order valence-electron chi connectivity index (χ0n) is 18.6. The molecule has 3 aromatic rings. The van der Waals surface area contributed by atoms with Gasteiger partial charge in [0.05, 0.1) is 7.11 Å². The highest BCUT2D eigenvalue weighted by Crippen LogP contribution is 2.27. The minimum absolute atomic E-state index is 0.0290. The summed E-state index contributed by atoms with van der Waals surface area (Å²) in [6.45, 7) is 3.20. The molecular formula is C25H25NO7. The lowest BCUT2D eigenvalue weighted by molar-refractivity contribution is -0.148. The van der Waals surface area contributed by atoms with Gasteiger partial charge in [-0.15, -0.1) is 0 Å². The fraction of sp³-hybridized carbons (Fsp3) is 0.240. The van der Waals surface area contributed by atoms with E-state index < -0.39 is 23.5 Å². The Kier molecular flexibility index (Phi) is 7.50. The van der Waals surface area contributed by atoms with Crippen LogP contribution in [-0.4, -0.2) is 30.1 Å². The number of phenols is 1. The Labute approximate surface area is 190 Å². The zero-order chi connectivity index (χ0) is 24.0. The summed E-state index contributed by atoms with van der Waals surface area (Å²) in [5.41, 5.74) is 1.50. The van der Waals surface area contributed by atoms with E-state index >= 15 is 0 Å². The molecule has 0 radical (unpaired) electrons. The van der Waals surface area contributed by atoms with Gasteiger partial charge in [0, 0.05) is 29.2 Å². The first-order valence-electron chi connectivity index (χ1n) is 10.4. The number of ether oxygens (including phenoxy) is 2. The van der Waals surface area contributed by atoms with E-state index in [-0.39, 0.29) is 17.9 Å². The predicted octanol–water partition coefficient (Wildman–Crippen LogP) is 3.33. The Morgan fingerprint density at radius 2 is 1.88 bits per heavy atom. The second-order valence-corrected chi connectivity index (χ2v) is 7.37. The van der Waals surface area contributed by atoms with Crippen molar-refractivity contribution in [1.29, 1.82) is 0 Å². The fourth-order valence-electron chi connectivity index (χ4n) is 3.19. The fourth-order valence-corrected chi connectivity index (χ4v) is 3.19. The Morgan fingerprint density at radius 3 is 2.55 bits per heavy atom.